The fraction of sp³-hybridized carbons (Fsp3) is 0.276. The van der Waals surface area contributed by atoms with Crippen molar-refractivity contribution < 1.29 is 18.7 Å². The standard InChI is InChI=1S/C29H29FN6O3S2/c1-19-8-12-31-22(16-19)35-27-33-17-23(41-27)40-21-9-13-32-25(24(21)30)26(37)34-18-29(20-6-4-3-5-7-20)10-14-36(15-11-29)28(38)39-2/h3-9,12-13,16-17H,10-11,14-15,18H2,1-2H3,(H,34,37)(H,31,33,35). The molecule has 0 bridgehead atoms. The van der Waals surface area contributed by atoms with Crippen molar-refractivity contribution in [2.75, 3.05) is 32.1 Å². The molecule has 1 fully saturated rings. The van der Waals surface area contributed by atoms with Crippen LogP contribution in [-0.4, -0.2) is 58.6 Å². The van der Waals surface area contributed by atoms with Gasteiger partial charge in [0.15, 0.2) is 16.6 Å². The quantitative estimate of drug-likeness (QED) is 0.264. The molecule has 5 rings (SSSR count). The summed E-state index contributed by atoms with van der Waals surface area (Å²) in [6.45, 7) is 3.23. The van der Waals surface area contributed by atoms with Gasteiger partial charge < -0.3 is 20.3 Å². The van der Waals surface area contributed by atoms with E-state index in [4.69, 9.17) is 4.74 Å². The second kappa shape index (κ2) is 12.6. The van der Waals surface area contributed by atoms with Gasteiger partial charge in [-0.2, -0.15) is 0 Å². The summed E-state index contributed by atoms with van der Waals surface area (Å²) in [6, 6.07) is 15.2. The van der Waals surface area contributed by atoms with Gasteiger partial charge in [0.1, 0.15) is 5.82 Å². The van der Waals surface area contributed by atoms with Crippen LogP contribution in [0.2, 0.25) is 0 Å². The van der Waals surface area contributed by atoms with E-state index in [0.717, 1.165) is 15.3 Å². The molecule has 1 aliphatic heterocycles. The van der Waals surface area contributed by atoms with Crippen LogP contribution in [0.25, 0.3) is 0 Å². The summed E-state index contributed by atoms with van der Waals surface area (Å²) in [5.74, 6) is -0.602. The Kier molecular flexibility index (Phi) is 8.79. The van der Waals surface area contributed by atoms with Gasteiger partial charge in [-0.25, -0.2) is 24.1 Å². The molecule has 41 heavy (non-hydrogen) atoms. The number of carbonyl (C=O) groups is 2. The number of nitrogens with zero attached hydrogens (tertiary/aromatic N) is 4. The molecule has 2 N–H and O–H groups in total. The second-order valence-corrected chi connectivity index (χ2v) is 12.1. The molecule has 0 unspecified atom stereocenters. The molecule has 4 heterocycles. The molecule has 1 saturated heterocycles. The Morgan fingerprint density at radius 2 is 1.85 bits per heavy atom. The smallest absolute Gasteiger partial charge is 0.409 e. The zero-order chi connectivity index (χ0) is 28.8. The first kappa shape index (κ1) is 28.5. The molecule has 3 aromatic heterocycles. The molecule has 0 aliphatic carbocycles. The van der Waals surface area contributed by atoms with Gasteiger partial charge in [0.2, 0.25) is 0 Å². The van der Waals surface area contributed by atoms with Crippen LogP contribution < -0.4 is 10.6 Å². The highest BCUT2D eigenvalue weighted by Gasteiger charge is 2.38. The molecule has 0 spiro atoms. The Labute approximate surface area is 245 Å². The minimum Gasteiger partial charge on any atom is -0.453 e. The number of likely N-dealkylation sites (tertiary alicyclic amines) is 1. The number of hydrogen-bond acceptors (Lipinski definition) is 9. The van der Waals surface area contributed by atoms with E-state index in [2.05, 4.69) is 25.6 Å². The predicted octanol–water partition coefficient (Wildman–Crippen LogP) is 5.81. The number of pyridine rings is 2. The zero-order valence-corrected chi connectivity index (χ0v) is 24.2. The first-order valence-corrected chi connectivity index (χ1v) is 14.6. The summed E-state index contributed by atoms with van der Waals surface area (Å²) in [5.41, 5.74) is 1.44. The normalized spacial score (nSPS) is 14.4. The Morgan fingerprint density at radius 1 is 1.10 bits per heavy atom. The van der Waals surface area contributed by atoms with Crippen LogP contribution in [0.15, 0.2) is 76.2 Å². The predicted molar refractivity (Wildman–Crippen MR) is 156 cm³/mol. The lowest BCUT2D eigenvalue weighted by Crippen LogP contribution is -2.50. The molecule has 0 atom stereocenters. The maximum atomic E-state index is 15.5. The van der Waals surface area contributed by atoms with Crippen molar-refractivity contribution in [3.05, 3.63) is 89.8 Å². The SMILES string of the molecule is COC(=O)N1CCC(CNC(=O)c2nccc(Sc3cnc(Nc4cc(C)ccn4)s3)c2F)(c2ccccc2)CC1. The van der Waals surface area contributed by atoms with Crippen molar-refractivity contribution in [1.82, 2.24) is 25.2 Å². The van der Waals surface area contributed by atoms with Crippen LogP contribution in [0.1, 0.15) is 34.5 Å². The average Bonchev–Trinajstić information content (AvgIpc) is 3.43. The number of anilines is 2. The lowest BCUT2D eigenvalue weighted by Gasteiger charge is -2.41. The number of hydrogen-bond donors (Lipinski definition) is 2. The molecule has 1 aromatic carbocycles. The van der Waals surface area contributed by atoms with Crippen molar-refractivity contribution >= 4 is 46.0 Å². The van der Waals surface area contributed by atoms with E-state index < -0.39 is 17.1 Å². The Hall–Kier alpha value is -4.03. The number of amides is 2. The average molecular weight is 593 g/mol. The number of nitrogens with one attached hydrogen (secondary N) is 2. The van der Waals surface area contributed by atoms with Gasteiger partial charge in [-0.3, -0.25) is 4.79 Å². The number of aryl methyl sites for hydroxylation is 1. The second-order valence-electron chi connectivity index (χ2n) is 9.69. The minimum atomic E-state index is -0.687. The number of halogens is 1. The fourth-order valence-corrected chi connectivity index (χ4v) is 6.66. The van der Waals surface area contributed by atoms with E-state index in [0.29, 0.717) is 36.9 Å². The molecule has 0 saturated carbocycles. The third-order valence-electron chi connectivity index (χ3n) is 7.04. The van der Waals surface area contributed by atoms with Crippen LogP contribution in [0.4, 0.5) is 20.1 Å². The fourth-order valence-electron chi connectivity index (χ4n) is 4.79. The van der Waals surface area contributed by atoms with Crippen molar-refractivity contribution in [2.24, 2.45) is 0 Å². The van der Waals surface area contributed by atoms with E-state index in [1.807, 2.05) is 49.4 Å². The van der Waals surface area contributed by atoms with Crippen molar-refractivity contribution in [3.63, 3.8) is 0 Å². The number of rotatable bonds is 8. The van der Waals surface area contributed by atoms with Gasteiger partial charge in [-0.05, 0) is 49.1 Å². The highest BCUT2D eigenvalue weighted by molar-refractivity contribution is 8.01. The number of ether oxygens (including phenoxy) is 1. The minimum absolute atomic E-state index is 0.267. The number of thiazole rings is 1. The van der Waals surface area contributed by atoms with Crippen molar-refractivity contribution in [2.45, 2.75) is 34.3 Å². The first-order chi connectivity index (χ1) is 19.9. The number of carbonyl (C=O) groups excluding carboxylic acids is 2. The largest absolute Gasteiger partial charge is 0.453 e. The third kappa shape index (κ3) is 6.66. The molecular formula is C29H29FN6O3S2. The highest BCUT2D eigenvalue weighted by atomic mass is 32.2. The van der Waals surface area contributed by atoms with Gasteiger partial charge in [0.05, 0.1) is 22.4 Å². The van der Waals surface area contributed by atoms with Crippen molar-refractivity contribution in [1.29, 1.82) is 0 Å². The lowest BCUT2D eigenvalue weighted by molar-refractivity contribution is 0.0871. The number of aromatic nitrogens is 3. The summed E-state index contributed by atoms with van der Waals surface area (Å²) in [5, 5.41) is 6.71. The molecular weight excluding hydrogens is 563 g/mol. The first-order valence-electron chi connectivity index (χ1n) is 13.0. The Bertz CT molecular complexity index is 1530. The molecule has 212 valence electrons. The van der Waals surface area contributed by atoms with E-state index in [1.165, 1.54) is 36.4 Å². The van der Waals surface area contributed by atoms with Gasteiger partial charge in [-0.1, -0.05) is 53.4 Å². The van der Waals surface area contributed by atoms with E-state index in [9.17, 15) is 9.59 Å². The van der Waals surface area contributed by atoms with Gasteiger partial charge >= 0.3 is 6.09 Å². The Morgan fingerprint density at radius 3 is 2.59 bits per heavy atom. The lowest BCUT2D eigenvalue weighted by atomic mass is 9.72. The van der Waals surface area contributed by atoms with Crippen LogP contribution in [0.3, 0.4) is 0 Å². The monoisotopic (exact) mass is 592 g/mol. The van der Waals surface area contributed by atoms with Gasteiger partial charge in [-0.15, -0.1) is 0 Å². The molecule has 12 heteroatoms. The van der Waals surface area contributed by atoms with Crippen LogP contribution >= 0.6 is 23.1 Å². The van der Waals surface area contributed by atoms with Crippen molar-refractivity contribution in [3.8, 4) is 0 Å². The highest BCUT2D eigenvalue weighted by Crippen LogP contribution is 2.37. The van der Waals surface area contributed by atoms with E-state index in [1.54, 1.807) is 23.4 Å². The van der Waals surface area contributed by atoms with E-state index in [-0.39, 0.29) is 23.2 Å². The molecule has 1 aliphatic rings. The molecule has 4 aromatic rings. The van der Waals surface area contributed by atoms with Gasteiger partial charge in [0.25, 0.3) is 5.91 Å². The maximum absolute atomic E-state index is 15.5. The summed E-state index contributed by atoms with van der Waals surface area (Å²) >= 11 is 2.54. The van der Waals surface area contributed by atoms with Crippen LogP contribution in [0.5, 0.6) is 0 Å². The third-order valence-corrected chi connectivity index (χ3v) is 9.09. The van der Waals surface area contributed by atoms with Gasteiger partial charge in [0, 0.05) is 37.4 Å². The number of methoxy groups -OCH3 is 1. The maximum Gasteiger partial charge on any atom is 0.409 e. The van der Waals surface area contributed by atoms with Crippen LogP contribution in [0, 0.1) is 12.7 Å². The number of benzene rings is 1. The molecule has 0 radical (unpaired) electrons. The Balaban J connectivity index is 1.27. The number of piperidine rings is 1. The zero-order valence-electron chi connectivity index (χ0n) is 22.6. The summed E-state index contributed by atoms with van der Waals surface area (Å²) in [4.78, 5) is 39.9. The summed E-state index contributed by atoms with van der Waals surface area (Å²) in [6.07, 6.45) is 5.67. The van der Waals surface area contributed by atoms with Crippen LogP contribution in [-0.2, 0) is 10.2 Å². The topological polar surface area (TPSA) is 109 Å². The summed E-state index contributed by atoms with van der Waals surface area (Å²) < 4.78 is 21.1. The van der Waals surface area contributed by atoms with E-state index >= 15 is 4.39 Å². The summed E-state index contributed by atoms with van der Waals surface area (Å²) in [7, 11) is 1.36. The molecule has 2 amide bonds. The molecule has 9 nitrogen and oxygen atoms in total.